The second-order valence-corrected chi connectivity index (χ2v) is 3.84. The van der Waals surface area contributed by atoms with Crippen LogP contribution < -0.4 is 0 Å². The van der Waals surface area contributed by atoms with E-state index < -0.39 is 13.5 Å². The molecule has 11 heavy (non-hydrogen) atoms. The van der Waals surface area contributed by atoms with Gasteiger partial charge in [0.25, 0.3) is 0 Å². The highest BCUT2D eigenvalue weighted by Crippen LogP contribution is 2.29. The second kappa shape index (κ2) is 3.84. The van der Waals surface area contributed by atoms with Gasteiger partial charge in [0.15, 0.2) is 5.85 Å². The lowest BCUT2D eigenvalue weighted by Crippen LogP contribution is -2.16. The van der Waals surface area contributed by atoms with Crippen molar-refractivity contribution in [3.05, 3.63) is 12.2 Å². The van der Waals surface area contributed by atoms with Crippen LogP contribution in [0.3, 0.4) is 0 Å². The van der Waals surface area contributed by atoms with E-state index in [9.17, 15) is 9.13 Å². The van der Waals surface area contributed by atoms with Crippen molar-refractivity contribution in [1.29, 1.82) is 0 Å². The van der Waals surface area contributed by atoms with Gasteiger partial charge in [-0.25, -0.2) is 9.13 Å². The number of aliphatic hydroxyl groups is 1. The average Bonchev–Trinajstić information content (AvgIpc) is 2.05. The highest BCUT2D eigenvalue weighted by molar-refractivity contribution is 7.31. The van der Waals surface area contributed by atoms with E-state index in [-0.39, 0.29) is 5.92 Å². The SMILES string of the molecule is O=P(=O)C(O)C1CC=CCC1. The van der Waals surface area contributed by atoms with Gasteiger partial charge in [-0.3, -0.25) is 0 Å². The lowest BCUT2D eigenvalue weighted by molar-refractivity contribution is 0.169. The van der Waals surface area contributed by atoms with E-state index in [1.807, 2.05) is 12.2 Å². The Kier molecular flexibility index (Phi) is 3.03. The molecule has 0 aromatic rings. The van der Waals surface area contributed by atoms with E-state index >= 15 is 0 Å². The summed E-state index contributed by atoms with van der Waals surface area (Å²) in [4.78, 5) is 0. The molecule has 1 aliphatic rings. The Balaban J connectivity index is 2.53. The molecule has 0 amide bonds. The lowest BCUT2D eigenvalue weighted by Gasteiger charge is -2.17. The zero-order valence-corrected chi connectivity index (χ0v) is 7.04. The number of allylic oxidation sites excluding steroid dienone is 2. The molecule has 0 aromatic heterocycles. The van der Waals surface area contributed by atoms with Crippen molar-refractivity contribution < 1.29 is 14.2 Å². The Bertz CT molecular complexity index is 212. The van der Waals surface area contributed by atoms with Crippen molar-refractivity contribution in [2.45, 2.75) is 25.1 Å². The zero-order chi connectivity index (χ0) is 8.27. The molecule has 0 radical (unpaired) electrons. The zero-order valence-electron chi connectivity index (χ0n) is 6.14. The molecule has 0 spiro atoms. The fourth-order valence-corrected chi connectivity index (χ4v) is 1.87. The summed E-state index contributed by atoms with van der Waals surface area (Å²) < 4.78 is 20.7. The van der Waals surface area contributed by atoms with Crippen LogP contribution in [0, 0.1) is 5.92 Å². The predicted octanol–water partition coefficient (Wildman–Crippen LogP) is 1.83. The van der Waals surface area contributed by atoms with Gasteiger partial charge in [-0.1, -0.05) is 12.2 Å². The van der Waals surface area contributed by atoms with Crippen LogP contribution in [0.4, 0.5) is 0 Å². The smallest absolute Gasteiger partial charge is 0.345 e. The fraction of sp³-hybridized carbons (Fsp3) is 0.714. The molecule has 0 heterocycles. The number of rotatable bonds is 2. The Labute approximate surface area is 65.9 Å². The summed E-state index contributed by atoms with van der Waals surface area (Å²) in [6, 6.07) is 0. The van der Waals surface area contributed by atoms with Crippen LogP contribution in [0.25, 0.3) is 0 Å². The monoisotopic (exact) mass is 174 g/mol. The number of hydrogen-bond acceptors (Lipinski definition) is 3. The molecule has 1 N–H and O–H groups in total. The highest BCUT2D eigenvalue weighted by Gasteiger charge is 2.23. The van der Waals surface area contributed by atoms with Gasteiger partial charge in [0.2, 0.25) is 0 Å². The van der Waals surface area contributed by atoms with Crippen molar-refractivity contribution in [3.63, 3.8) is 0 Å². The quantitative estimate of drug-likeness (QED) is 0.513. The molecule has 62 valence electrons. The van der Waals surface area contributed by atoms with Crippen LogP contribution in [0.2, 0.25) is 0 Å². The molecule has 2 unspecified atom stereocenters. The van der Waals surface area contributed by atoms with Gasteiger partial charge in [0, 0.05) is 5.92 Å². The Hall–Kier alpha value is -0.400. The summed E-state index contributed by atoms with van der Waals surface area (Å²) in [5, 5.41) is 9.12. The van der Waals surface area contributed by atoms with Crippen molar-refractivity contribution >= 4 is 7.68 Å². The topological polar surface area (TPSA) is 54.4 Å². The molecular weight excluding hydrogens is 163 g/mol. The highest BCUT2D eigenvalue weighted by atomic mass is 31.1. The minimum atomic E-state index is -2.66. The van der Waals surface area contributed by atoms with Crippen LogP contribution in [0.15, 0.2) is 12.2 Å². The second-order valence-electron chi connectivity index (χ2n) is 2.74. The van der Waals surface area contributed by atoms with Gasteiger partial charge < -0.3 is 5.11 Å². The van der Waals surface area contributed by atoms with Crippen LogP contribution in [0.1, 0.15) is 19.3 Å². The first-order valence-corrected chi connectivity index (χ1v) is 4.93. The maximum absolute atomic E-state index is 10.4. The summed E-state index contributed by atoms with van der Waals surface area (Å²) in [5.41, 5.74) is 0. The normalized spacial score (nSPS) is 26.5. The molecule has 0 aromatic carbocycles. The molecule has 3 nitrogen and oxygen atoms in total. The van der Waals surface area contributed by atoms with Crippen LogP contribution in [0.5, 0.6) is 0 Å². The number of aliphatic hydroxyl groups excluding tert-OH is 1. The van der Waals surface area contributed by atoms with Gasteiger partial charge in [0.05, 0.1) is 0 Å². The van der Waals surface area contributed by atoms with E-state index in [0.29, 0.717) is 6.42 Å². The third-order valence-electron chi connectivity index (χ3n) is 1.95. The van der Waals surface area contributed by atoms with Crippen molar-refractivity contribution in [2.24, 2.45) is 5.92 Å². The third kappa shape index (κ3) is 2.28. The summed E-state index contributed by atoms with van der Waals surface area (Å²) in [6.07, 6.45) is 6.29. The van der Waals surface area contributed by atoms with Crippen molar-refractivity contribution in [1.82, 2.24) is 0 Å². The molecule has 1 aliphatic carbocycles. The van der Waals surface area contributed by atoms with Gasteiger partial charge in [-0.15, -0.1) is 0 Å². The first-order chi connectivity index (χ1) is 5.22. The fourth-order valence-electron chi connectivity index (χ4n) is 1.26. The Morgan fingerprint density at radius 3 is 2.64 bits per heavy atom. The lowest BCUT2D eigenvalue weighted by atomic mass is 9.95. The van der Waals surface area contributed by atoms with Crippen molar-refractivity contribution in [2.75, 3.05) is 0 Å². The molecule has 0 saturated heterocycles. The standard InChI is InChI=1S/C7H11O3P/c8-7(11(9)10)6-4-2-1-3-5-6/h1-2,6-8H,3-5H2. The average molecular weight is 174 g/mol. The predicted molar refractivity (Wildman–Crippen MR) is 40.8 cm³/mol. The molecule has 2 atom stereocenters. The maximum Gasteiger partial charge on any atom is 0.345 e. The maximum atomic E-state index is 10.4. The van der Waals surface area contributed by atoms with Crippen LogP contribution >= 0.6 is 7.68 Å². The van der Waals surface area contributed by atoms with Gasteiger partial charge >= 0.3 is 7.68 Å². The molecular formula is C7H11O3P. The molecule has 0 bridgehead atoms. The molecule has 0 saturated carbocycles. The largest absolute Gasteiger partial charge is 0.378 e. The van der Waals surface area contributed by atoms with E-state index in [2.05, 4.69) is 0 Å². The van der Waals surface area contributed by atoms with Crippen LogP contribution in [-0.2, 0) is 9.13 Å². The van der Waals surface area contributed by atoms with Crippen LogP contribution in [-0.4, -0.2) is 11.0 Å². The first kappa shape index (κ1) is 8.69. The van der Waals surface area contributed by atoms with Gasteiger partial charge in [-0.05, 0) is 19.3 Å². The van der Waals surface area contributed by atoms with E-state index in [1.165, 1.54) is 0 Å². The van der Waals surface area contributed by atoms with Gasteiger partial charge in [0.1, 0.15) is 0 Å². The van der Waals surface area contributed by atoms with E-state index in [4.69, 9.17) is 5.11 Å². The molecule has 0 fully saturated rings. The summed E-state index contributed by atoms with van der Waals surface area (Å²) in [7, 11) is -2.66. The summed E-state index contributed by atoms with van der Waals surface area (Å²) in [5.74, 6) is -1.23. The Morgan fingerprint density at radius 2 is 2.18 bits per heavy atom. The minimum absolute atomic E-state index is 0.0823. The Morgan fingerprint density at radius 1 is 1.45 bits per heavy atom. The molecule has 0 aliphatic heterocycles. The minimum Gasteiger partial charge on any atom is -0.378 e. The molecule has 1 rings (SSSR count). The first-order valence-electron chi connectivity index (χ1n) is 3.68. The number of hydrogen-bond donors (Lipinski definition) is 1. The van der Waals surface area contributed by atoms with Gasteiger partial charge in [-0.2, -0.15) is 0 Å². The van der Waals surface area contributed by atoms with E-state index in [0.717, 1.165) is 12.8 Å². The summed E-state index contributed by atoms with van der Waals surface area (Å²) >= 11 is 0. The van der Waals surface area contributed by atoms with Crippen molar-refractivity contribution in [3.8, 4) is 0 Å². The molecule has 4 heteroatoms. The van der Waals surface area contributed by atoms with E-state index in [1.54, 1.807) is 0 Å². The third-order valence-corrected chi connectivity index (χ3v) is 2.80. The summed E-state index contributed by atoms with van der Waals surface area (Å²) in [6.45, 7) is 0.